The molecule has 252 valence electrons. The van der Waals surface area contributed by atoms with Crippen molar-refractivity contribution in [3.8, 4) is 17.8 Å². The largest absolute Gasteiger partial charge is 0.481 e. The Balaban J connectivity index is 0.00000288. The van der Waals surface area contributed by atoms with Crippen molar-refractivity contribution in [2.45, 2.75) is 51.4 Å². The van der Waals surface area contributed by atoms with Gasteiger partial charge in [0, 0.05) is 71.4 Å². The second-order valence-corrected chi connectivity index (χ2v) is 12.0. The molecule has 3 heterocycles. The fraction of sp³-hybridized carbons (Fsp3) is 0.500. The molecule has 0 aliphatic carbocycles. The molecular formula is C34H48Cl2N6O4. The summed E-state index contributed by atoms with van der Waals surface area (Å²) in [7, 11) is 5.26. The predicted molar refractivity (Wildman–Crippen MR) is 185 cm³/mol. The molecule has 12 heteroatoms. The van der Waals surface area contributed by atoms with E-state index in [9.17, 15) is 4.79 Å². The van der Waals surface area contributed by atoms with Gasteiger partial charge in [-0.05, 0) is 31.9 Å². The van der Waals surface area contributed by atoms with E-state index in [-0.39, 0.29) is 61.0 Å². The predicted octanol–water partition coefficient (Wildman–Crippen LogP) is 5.20. The van der Waals surface area contributed by atoms with Crippen LogP contribution in [0.4, 0.5) is 4.79 Å². The minimum Gasteiger partial charge on any atom is -0.481 e. The Bertz CT molecular complexity index is 1350. The maximum Gasteiger partial charge on any atom is 0.323 e. The van der Waals surface area contributed by atoms with Gasteiger partial charge >= 0.3 is 12.0 Å². The van der Waals surface area contributed by atoms with Crippen LogP contribution in [0.5, 0.6) is 17.8 Å². The number of benzene rings is 2. The fourth-order valence-electron chi connectivity index (χ4n) is 6.52. The monoisotopic (exact) mass is 674 g/mol. The molecule has 2 aliphatic rings. The van der Waals surface area contributed by atoms with E-state index in [4.69, 9.17) is 14.2 Å². The van der Waals surface area contributed by atoms with E-state index in [0.29, 0.717) is 38.0 Å². The zero-order valence-electron chi connectivity index (χ0n) is 27.7. The third-order valence-corrected chi connectivity index (χ3v) is 8.33. The summed E-state index contributed by atoms with van der Waals surface area (Å²) < 4.78 is 17.6. The number of fused-ring (bicyclic) bond motifs is 1. The highest BCUT2D eigenvalue weighted by Crippen LogP contribution is 2.37. The molecule has 10 nitrogen and oxygen atoms in total. The van der Waals surface area contributed by atoms with E-state index in [1.807, 2.05) is 39.8 Å². The molecule has 2 amide bonds. The maximum atomic E-state index is 13.1. The summed E-state index contributed by atoms with van der Waals surface area (Å²) >= 11 is 0. The molecular weight excluding hydrogens is 627 g/mol. The average molecular weight is 676 g/mol. The van der Waals surface area contributed by atoms with Crippen LogP contribution in [0.15, 0.2) is 60.7 Å². The summed E-state index contributed by atoms with van der Waals surface area (Å²) in [5.41, 5.74) is 3.36. The molecule has 2 aliphatic heterocycles. The molecule has 2 fully saturated rings. The summed E-state index contributed by atoms with van der Waals surface area (Å²) in [4.78, 5) is 31.0. The first-order chi connectivity index (χ1) is 21.3. The number of carbonyl (C=O) groups is 1. The lowest BCUT2D eigenvalue weighted by atomic mass is 9.81. The molecule has 0 spiro atoms. The van der Waals surface area contributed by atoms with Gasteiger partial charge < -0.3 is 24.0 Å². The number of halogens is 2. The lowest BCUT2D eigenvalue weighted by molar-refractivity contribution is -0.0271. The van der Waals surface area contributed by atoms with Gasteiger partial charge in [0.25, 0.3) is 0 Å². The Kier molecular flexibility index (Phi) is 13.7. The SMILES string of the molecule is CCOc1nc(OC)c(CN2CC3CN(C(=O)N(C)C)CCN3C(C(c3ccccc3)c3ccccc3)C2)c(OC(C)C)n1.Cl.Cl. The first-order valence-electron chi connectivity index (χ1n) is 15.6. The molecule has 0 bridgehead atoms. The van der Waals surface area contributed by atoms with Crippen molar-refractivity contribution < 1.29 is 19.0 Å². The number of carbonyl (C=O) groups excluding carboxylic acids is 1. The molecule has 1 aromatic heterocycles. The summed E-state index contributed by atoms with van der Waals surface area (Å²) in [6, 6.07) is 22.1. The summed E-state index contributed by atoms with van der Waals surface area (Å²) in [6.45, 7) is 10.6. The van der Waals surface area contributed by atoms with Gasteiger partial charge in [0.1, 0.15) is 0 Å². The van der Waals surface area contributed by atoms with E-state index in [1.54, 1.807) is 12.0 Å². The molecule has 3 aromatic rings. The minimum absolute atomic E-state index is 0. The first kappa shape index (κ1) is 37.2. The molecule has 2 atom stereocenters. The fourth-order valence-corrected chi connectivity index (χ4v) is 6.52. The molecule has 0 saturated carbocycles. The van der Waals surface area contributed by atoms with E-state index >= 15 is 0 Å². The third kappa shape index (κ3) is 8.53. The quantitative estimate of drug-likeness (QED) is 0.290. The van der Waals surface area contributed by atoms with Crippen LogP contribution in [0.2, 0.25) is 0 Å². The van der Waals surface area contributed by atoms with Crippen molar-refractivity contribution in [1.29, 1.82) is 0 Å². The van der Waals surface area contributed by atoms with Crippen LogP contribution >= 0.6 is 24.8 Å². The van der Waals surface area contributed by atoms with Gasteiger partial charge in [0.05, 0.1) is 25.4 Å². The van der Waals surface area contributed by atoms with E-state index < -0.39 is 0 Å². The highest BCUT2D eigenvalue weighted by atomic mass is 35.5. The van der Waals surface area contributed by atoms with Gasteiger partial charge in [0.15, 0.2) is 0 Å². The number of hydrogen-bond acceptors (Lipinski definition) is 8. The van der Waals surface area contributed by atoms with Crippen LogP contribution in [-0.4, -0.2) is 114 Å². The second kappa shape index (κ2) is 17.0. The number of rotatable bonds is 10. The molecule has 0 N–H and O–H groups in total. The zero-order chi connectivity index (χ0) is 31.2. The van der Waals surface area contributed by atoms with Crippen LogP contribution in [0.25, 0.3) is 0 Å². The number of piperazine rings is 2. The Morgan fingerprint density at radius 1 is 0.913 bits per heavy atom. The van der Waals surface area contributed by atoms with Crippen molar-refractivity contribution in [3.05, 3.63) is 77.4 Å². The number of nitrogens with zero attached hydrogens (tertiary/aromatic N) is 6. The summed E-state index contributed by atoms with van der Waals surface area (Å²) in [5, 5.41) is 0. The molecule has 2 unspecified atom stereocenters. The molecule has 46 heavy (non-hydrogen) atoms. The number of hydrogen-bond donors (Lipinski definition) is 0. The van der Waals surface area contributed by atoms with E-state index in [1.165, 1.54) is 11.1 Å². The van der Waals surface area contributed by atoms with Crippen molar-refractivity contribution in [3.63, 3.8) is 0 Å². The van der Waals surface area contributed by atoms with Crippen molar-refractivity contribution in [1.82, 2.24) is 29.6 Å². The van der Waals surface area contributed by atoms with Gasteiger partial charge in [-0.2, -0.15) is 9.97 Å². The molecule has 0 radical (unpaired) electrons. The van der Waals surface area contributed by atoms with Crippen LogP contribution in [0.1, 0.15) is 43.4 Å². The number of ether oxygens (including phenoxy) is 3. The van der Waals surface area contributed by atoms with E-state index in [2.05, 4.69) is 80.4 Å². The Morgan fingerprint density at radius 3 is 2.07 bits per heavy atom. The second-order valence-electron chi connectivity index (χ2n) is 12.0. The smallest absolute Gasteiger partial charge is 0.323 e. The maximum absolute atomic E-state index is 13.1. The van der Waals surface area contributed by atoms with Crippen LogP contribution in [-0.2, 0) is 6.54 Å². The van der Waals surface area contributed by atoms with Crippen molar-refractivity contribution in [2.75, 3.05) is 60.5 Å². The summed E-state index contributed by atoms with van der Waals surface area (Å²) in [5.74, 6) is 1.07. The highest BCUT2D eigenvalue weighted by molar-refractivity contribution is 5.85. The Hall–Kier alpha value is -3.31. The Labute approximate surface area is 285 Å². The van der Waals surface area contributed by atoms with Gasteiger partial charge in [-0.15, -0.1) is 24.8 Å². The van der Waals surface area contributed by atoms with Gasteiger partial charge in [-0.3, -0.25) is 9.80 Å². The molecule has 2 aromatic carbocycles. The van der Waals surface area contributed by atoms with Gasteiger partial charge in [-0.25, -0.2) is 4.79 Å². The number of methoxy groups -OCH3 is 1. The van der Waals surface area contributed by atoms with Crippen molar-refractivity contribution in [2.24, 2.45) is 0 Å². The van der Waals surface area contributed by atoms with Crippen LogP contribution in [0, 0.1) is 0 Å². The van der Waals surface area contributed by atoms with E-state index in [0.717, 1.165) is 25.2 Å². The normalized spacial score (nSPS) is 18.3. The highest BCUT2D eigenvalue weighted by Gasteiger charge is 2.43. The molecule has 2 saturated heterocycles. The zero-order valence-corrected chi connectivity index (χ0v) is 29.3. The lowest BCUT2D eigenvalue weighted by Crippen LogP contribution is -2.67. The third-order valence-electron chi connectivity index (χ3n) is 8.33. The number of amides is 2. The van der Waals surface area contributed by atoms with Gasteiger partial charge in [-0.1, -0.05) is 60.7 Å². The standard InChI is InChI=1S/C34H46N6O4.2ClH/c1-7-43-33-35-31(42-6)28(32(36-33)44-24(2)3)22-38-20-27-21-39(34(41)37(4)5)18-19-40(27)29(23-38)30(25-14-10-8-11-15-25)26-16-12-9-13-17-26;;/h8-17,24,27,29-30H,7,18-23H2,1-6H3;2*1H. The molecule has 5 rings (SSSR count). The number of urea groups is 1. The Morgan fingerprint density at radius 2 is 1.52 bits per heavy atom. The minimum atomic E-state index is -0.0862. The lowest BCUT2D eigenvalue weighted by Gasteiger charge is -2.53. The summed E-state index contributed by atoms with van der Waals surface area (Å²) in [6.07, 6.45) is -0.0862. The van der Waals surface area contributed by atoms with Crippen LogP contribution in [0.3, 0.4) is 0 Å². The average Bonchev–Trinajstić information content (AvgIpc) is 3.02. The first-order valence-corrected chi connectivity index (χ1v) is 15.6. The number of aromatic nitrogens is 2. The van der Waals surface area contributed by atoms with Crippen LogP contribution < -0.4 is 14.2 Å². The van der Waals surface area contributed by atoms with Gasteiger partial charge in [0.2, 0.25) is 11.8 Å². The topological polar surface area (TPSA) is 83.5 Å². The van der Waals surface area contributed by atoms with Crippen molar-refractivity contribution >= 4 is 30.8 Å².